The molecule has 0 radical (unpaired) electrons. The summed E-state index contributed by atoms with van der Waals surface area (Å²) in [6.07, 6.45) is 1.44. The van der Waals surface area contributed by atoms with Gasteiger partial charge in [-0.3, -0.25) is 19.3 Å². The van der Waals surface area contributed by atoms with E-state index < -0.39 is 23.3 Å². The standard InChI is InChI=1S/C16H16N2O6S2/c1-2-25-16(23)9-7-26-14-11(13(20)18(14)12(9)15(21)22)17-10(19)6-8-4-3-5-24-8/h3-5,11,14H,2,6-7H2,1H3,(H,17,19)(H,21,22)/t11?,14-/m0/s1. The van der Waals surface area contributed by atoms with Crippen molar-refractivity contribution in [1.29, 1.82) is 0 Å². The van der Waals surface area contributed by atoms with Crippen molar-refractivity contribution in [2.24, 2.45) is 0 Å². The number of aliphatic carboxylic acids is 1. The number of carboxylic acids is 1. The Morgan fingerprint density at radius 3 is 2.85 bits per heavy atom. The molecular formula is C16H16N2O6S2. The molecule has 1 aromatic rings. The van der Waals surface area contributed by atoms with Crippen LogP contribution in [0.25, 0.3) is 0 Å². The van der Waals surface area contributed by atoms with Gasteiger partial charge in [-0.1, -0.05) is 18.7 Å². The van der Waals surface area contributed by atoms with Crippen molar-refractivity contribution in [3.63, 3.8) is 0 Å². The van der Waals surface area contributed by atoms with Crippen molar-refractivity contribution in [2.45, 2.75) is 24.8 Å². The zero-order chi connectivity index (χ0) is 18.8. The molecule has 2 aliphatic rings. The van der Waals surface area contributed by atoms with Crippen LogP contribution in [0.15, 0.2) is 34.1 Å². The summed E-state index contributed by atoms with van der Waals surface area (Å²) in [5, 5.41) is 11.2. The van der Waals surface area contributed by atoms with E-state index in [4.69, 9.17) is 4.42 Å². The highest BCUT2D eigenvalue weighted by Crippen LogP contribution is 2.41. The second kappa shape index (κ2) is 7.58. The normalized spacial score (nSPS) is 21.9. The zero-order valence-corrected chi connectivity index (χ0v) is 15.4. The van der Waals surface area contributed by atoms with E-state index in [2.05, 4.69) is 5.32 Å². The molecule has 3 rings (SSSR count). The highest BCUT2D eigenvalue weighted by Gasteiger charge is 2.54. The molecule has 0 spiro atoms. The van der Waals surface area contributed by atoms with Crippen LogP contribution in [-0.4, -0.2) is 55.8 Å². The highest BCUT2D eigenvalue weighted by molar-refractivity contribution is 8.14. The molecule has 8 nitrogen and oxygen atoms in total. The second-order valence-electron chi connectivity index (χ2n) is 5.56. The number of nitrogens with one attached hydrogen (secondary N) is 1. The maximum absolute atomic E-state index is 12.4. The third kappa shape index (κ3) is 3.38. The van der Waals surface area contributed by atoms with Crippen LogP contribution in [0.3, 0.4) is 0 Å². The quantitative estimate of drug-likeness (QED) is 0.680. The number of nitrogens with zero attached hydrogens (tertiary/aromatic N) is 1. The number of hydrogen-bond acceptors (Lipinski definition) is 7. The molecule has 10 heteroatoms. The average molecular weight is 396 g/mol. The third-order valence-electron chi connectivity index (χ3n) is 3.92. The van der Waals surface area contributed by atoms with Crippen LogP contribution in [0.4, 0.5) is 0 Å². The summed E-state index contributed by atoms with van der Waals surface area (Å²) < 4.78 is 5.10. The molecule has 2 aliphatic heterocycles. The van der Waals surface area contributed by atoms with E-state index in [9.17, 15) is 24.3 Å². The van der Waals surface area contributed by atoms with Crippen molar-refractivity contribution in [3.8, 4) is 0 Å². The Hall–Kier alpha value is -2.20. The Morgan fingerprint density at radius 1 is 1.46 bits per heavy atom. The predicted octanol–water partition coefficient (Wildman–Crippen LogP) is 0.840. The molecule has 2 N–H and O–H groups in total. The molecule has 1 unspecified atom stereocenters. The van der Waals surface area contributed by atoms with Crippen LogP contribution in [0.5, 0.6) is 0 Å². The molecule has 1 saturated heterocycles. The van der Waals surface area contributed by atoms with E-state index in [-0.39, 0.29) is 34.5 Å². The lowest BCUT2D eigenvalue weighted by Gasteiger charge is -2.49. The molecule has 0 aromatic carbocycles. The highest BCUT2D eigenvalue weighted by atomic mass is 32.2. The first kappa shape index (κ1) is 18.6. The van der Waals surface area contributed by atoms with E-state index in [1.807, 2.05) is 0 Å². The molecule has 1 fully saturated rings. The maximum Gasteiger partial charge on any atom is 0.353 e. The van der Waals surface area contributed by atoms with Gasteiger partial charge in [0.2, 0.25) is 11.0 Å². The fourth-order valence-corrected chi connectivity index (χ4v) is 4.83. The lowest BCUT2D eigenvalue weighted by atomic mass is 10.0. The van der Waals surface area contributed by atoms with E-state index in [1.54, 1.807) is 19.1 Å². The predicted molar refractivity (Wildman–Crippen MR) is 95.2 cm³/mol. The Labute approximate surface area is 157 Å². The van der Waals surface area contributed by atoms with Crippen LogP contribution in [-0.2, 0) is 25.6 Å². The van der Waals surface area contributed by atoms with Gasteiger partial charge in [-0.05, 0) is 17.9 Å². The molecule has 0 saturated carbocycles. The lowest BCUT2D eigenvalue weighted by Crippen LogP contribution is -2.70. The van der Waals surface area contributed by atoms with Crippen LogP contribution < -0.4 is 5.32 Å². The Bertz CT molecular complexity index is 789. The van der Waals surface area contributed by atoms with Crippen molar-refractivity contribution in [3.05, 3.63) is 35.4 Å². The van der Waals surface area contributed by atoms with Crippen molar-refractivity contribution in [2.75, 3.05) is 11.5 Å². The summed E-state index contributed by atoms with van der Waals surface area (Å²) in [6.45, 7) is 1.79. The smallest absolute Gasteiger partial charge is 0.353 e. The molecule has 138 valence electrons. The van der Waals surface area contributed by atoms with Gasteiger partial charge in [0.25, 0.3) is 5.91 Å². The Morgan fingerprint density at radius 2 is 2.23 bits per heavy atom. The maximum atomic E-state index is 12.4. The molecule has 1 aromatic heterocycles. The fraction of sp³-hybridized carbons (Fsp3) is 0.375. The third-order valence-corrected chi connectivity index (χ3v) is 6.00. The van der Waals surface area contributed by atoms with Gasteiger partial charge in [-0.2, -0.15) is 0 Å². The summed E-state index contributed by atoms with van der Waals surface area (Å²) in [4.78, 5) is 49.4. The van der Waals surface area contributed by atoms with Crippen LogP contribution >= 0.6 is 23.5 Å². The number of hydrogen-bond donors (Lipinski definition) is 2. The number of β-lactam (4-membered cyclic amide) rings is 1. The number of carbonyl (C=O) groups is 4. The molecule has 2 amide bonds. The van der Waals surface area contributed by atoms with Gasteiger partial charge in [0.05, 0.1) is 12.7 Å². The number of fused-ring (bicyclic) bond motifs is 1. The summed E-state index contributed by atoms with van der Waals surface area (Å²) in [6, 6.07) is 2.50. The first-order valence-electron chi connectivity index (χ1n) is 7.84. The Balaban J connectivity index is 1.73. The minimum Gasteiger partial charge on any atom is -0.477 e. The minimum absolute atomic E-state index is 0.00727. The number of thioether (sulfide) groups is 2. The average Bonchev–Trinajstić information content (AvgIpc) is 3.11. The van der Waals surface area contributed by atoms with Gasteiger partial charge < -0.3 is 14.8 Å². The van der Waals surface area contributed by atoms with E-state index in [0.717, 1.165) is 16.7 Å². The van der Waals surface area contributed by atoms with Gasteiger partial charge in [0.15, 0.2) is 0 Å². The topological polar surface area (TPSA) is 117 Å². The lowest BCUT2D eigenvalue weighted by molar-refractivity contribution is -0.150. The minimum atomic E-state index is -1.32. The van der Waals surface area contributed by atoms with Crippen LogP contribution in [0.2, 0.25) is 0 Å². The summed E-state index contributed by atoms with van der Waals surface area (Å²) >= 11 is 2.28. The number of rotatable bonds is 6. The molecule has 3 heterocycles. The van der Waals surface area contributed by atoms with Crippen molar-refractivity contribution >= 4 is 46.4 Å². The monoisotopic (exact) mass is 396 g/mol. The fourth-order valence-electron chi connectivity index (χ4n) is 2.79. The van der Waals surface area contributed by atoms with Crippen LogP contribution in [0, 0.1) is 0 Å². The summed E-state index contributed by atoms with van der Waals surface area (Å²) in [5.74, 6) is -1.06. The van der Waals surface area contributed by atoms with E-state index in [0.29, 0.717) is 11.5 Å². The summed E-state index contributed by atoms with van der Waals surface area (Å²) in [7, 11) is 0. The largest absolute Gasteiger partial charge is 0.477 e. The number of carbonyl (C=O) groups excluding carboxylic acids is 3. The number of amides is 2. The van der Waals surface area contributed by atoms with Crippen molar-refractivity contribution < 1.29 is 28.7 Å². The zero-order valence-electron chi connectivity index (χ0n) is 13.8. The van der Waals surface area contributed by atoms with Crippen LogP contribution in [0.1, 0.15) is 12.7 Å². The Kier molecular flexibility index (Phi) is 5.42. The van der Waals surface area contributed by atoms with Gasteiger partial charge in [-0.25, -0.2) is 4.79 Å². The molecule has 0 bridgehead atoms. The van der Waals surface area contributed by atoms with Gasteiger partial charge in [0.1, 0.15) is 22.9 Å². The van der Waals surface area contributed by atoms with E-state index >= 15 is 0 Å². The van der Waals surface area contributed by atoms with Gasteiger partial charge in [0, 0.05) is 11.3 Å². The van der Waals surface area contributed by atoms with Gasteiger partial charge in [-0.15, -0.1) is 11.8 Å². The number of furan rings is 1. The first-order valence-corrected chi connectivity index (χ1v) is 9.87. The van der Waals surface area contributed by atoms with Crippen molar-refractivity contribution in [1.82, 2.24) is 10.2 Å². The molecular weight excluding hydrogens is 380 g/mol. The number of carboxylic acid groups (broad SMARTS) is 1. The molecule has 26 heavy (non-hydrogen) atoms. The van der Waals surface area contributed by atoms with E-state index in [1.165, 1.54) is 18.0 Å². The SMILES string of the molecule is CCSC(=O)C1=C(C(=O)O)N2C(=O)C(NC(=O)Cc3ccco3)[C@@H]2SC1. The van der Waals surface area contributed by atoms with Gasteiger partial charge >= 0.3 is 5.97 Å². The summed E-state index contributed by atoms with van der Waals surface area (Å²) in [5.41, 5.74) is -0.152. The molecule has 2 atom stereocenters. The second-order valence-corrected chi connectivity index (χ2v) is 7.91. The first-order chi connectivity index (χ1) is 12.4. The molecule has 0 aliphatic carbocycles.